The lowest BCUT2D eigenvalue weighted by Gasteiger charge is -2.72. The monoisotopic (exact) mass is 457 g/mol. The van der Waals surface area contributed by atoms with Gasteiger partial charge in [0.05, 0.1) is 5.71 Å². The van der Waals surface area contributed by atoms with Crippen molar-refractivity contribution in [1.29, 1.82) is 0 Å². The third-order valence-electron chi connectivity index (χ3n) is 13.6. The fourth-order valence-corrected chi connectivity index (χ4v) is 11.8. The molecule has 5 fully saturated rings. The first-order valence-corrected chi connectivity index (χ1v) is 14.2. The second-order valence-corrected chi connectivity index (χ2v) is 15.3. The van der Waals surface area contributed by atoms with Gasteiger partial charge < -0.3 is 10.3 Å². The number of nitrogens with zero attached hydrogens (tertiary/aromatic N) is 1. The molecule has 188 valence electrons. The van der Waals surface area contributed by atoms with Crippen LogP contribution in [-0.2, 0) is 0 Å². The van der Waals surface area contributed by atoms with E-state index in [9.17, 15) is 10.3 Å². The van der Waals surface area contributed by atoms with Crippen LogP contribution in [-0.4, -0.2) is 22.1 Å². The van der Waals surface area contributed by atoms with Crippen LogP contribution in [0.15, 0.2) is 5.16 Å². The molecule has 5 aliphatic rings. The molecule has 5 saturated carbocycles. The first-order chi connectivity index (χ1) is 15.3. The molecular weight excluding hydrogens is 406 g/mol. The zero-order chi connectivity index (χ0) is 24.2. The Hall–Kier alpha value is -0.570. The van der Waals surface area contributed by atoms with E-state index in [1.165, 1.54) is 51.4 Å². The number of oxime groups is 1. The summed E-state index contributed by atoms with van der Waals surface area (Å²) in [7, 11) is 0. The van der Waals surface area contributed by atoms with Crippen molar-refractivity contribution in [3.63, 3.8) is 0 Å². The summed E-state index contributed by atoms with van der Waals surface area (Å²) < 4.78 is 0. The Bertz CT molecular complexity index is 833. The van der Waals surface area contributed by atoms with Crippen LogP contribution >= 0.6 is 0 Å². The lowest BCUT2D eigenvalue weighted by molar-refractivity contribution is -0.235. The van der Waals surface area contributed by atoms with E-state index in [1.807, 2.05) is 0 Å². The largest absolute Gasteiger partial charge is 0.411 e. The Morgan fingerprint density at radius 1 is 0.818 bits per heavy atom. The molecule has 0 saturated heterocycles. The van der Waals surface area contributed by atoms with Gasteiger partial charge in [-0.1, -0.05) is 60.5 Å². The van der Waals surface area contributed by atoms with Crippen molar-refractivity contribution >= 4 is 5.71 Å². The molecule has 10 atom stereocenters. The topological polar surface area (TPSA) is 52.8 Å². The summed E-state index contributed by atoms with van der Waals surface area (Å²) in [5, 5.41) is 24.6. The molecule has 0 aromatic heterocycles. The molecule has 0 aromatic rings. The van der Waals surface area contributed by atoms with Crippen molar-refractivity contribution < 1.29 is 10.3 Å². The molecule has 0 heterocycles. The van der Waals surface area contributed by atoms with Crippen molar-refractivity contribution in [3.8, 4) is 0 Å². The van der Waals surface area contributed by atoms with E-state index in [4.69, 9.17) is 0 Å². The van der Waals surface area contributed by atoms with Crippen LogP contribution < -0.4 is 0 Å². The van der Waals surface area contributed by atoms with Gasteiger partial charge in [-0.05, 0) is 120 Å². The van der Waals surface area contributed by atoms with Gasteiger partial charge in [0, 0.05) is 0 Å². The van der Waals surface area contributed by atoms with Crippen LogP contribution in [0.3, 0.4) is 0 Å². The summed E-state index contributed by atoms with van der Waals surface area (Å²) in [5.74, 6) is 4.54. The minimum absolute atomic E-state index is 0.0964. The third kappa shape index (κ3) is 2.87. The maximum absolute atomic E-state index is 11.1. The van der Waals surface area contributed by atoms with E-state index in [0.29, 0.717) is 33.8 Å². The molecule has 0 aromatic carbocycles. The number of hydrogen-bond donors (Lipinski definition) is 2. The van der Waals surface area contributed by atoms with Crippen LogP contribution in [0, 0.1) is 62.6 Å². The molecule has 5 aliphatic carbocycles. The highest BCUT2D eigenvalue weighted by molar-refractivity contribution is 5.90. The van der Waals surface area contributed by atoms with Crippen molar-refractivity contribution in [2.45, 2.75) is 119 Å². The molecule has 0 radical (unpaired) electrons. The van der Waals surface area contributed by atoms with Crippen molar-refractivity contribution in [2.24, 2.45) is 67.7 Å². The number of fused-ring (bicyclic) bond motifs is 7. The van der Waals surface area contributed by atoms with Crippen LogP contribution in [0.25, 0.3) is 0 Å². The first-order valence-electron chi connectivity index (χ1n) is 14.2. The quantitative estimate of drug-likeness (QED) is 0.315. The van der Waals surface area contributed by atoms with Gasteiger partial charge in [0.2, 0.25) is 0 Å². The van der Waals surface area contributed by atoms with Crippen LogP contribution in [0.4, 0.5) is 0 Å². The van der Waals surface area contributed by atoms with E-state index >= 15 is 0 Å². The molecule has 0 bridgehead atoms. The maximum atomic E-state index is 11.1. The van der Waals surface area contributed by atoms with Gasteiger partial charge in [-0.2, -0.15) is 0 Å². The van der Waals surface area contributed by atoms with Crippen molar-refractivity contribution in [2.75, 3.05) is 0 Å². The average Bonchev–Trinajstić information content (AvgIpc) is 3.09. The van der Waals surface area contributed by atoms with E-state index < -0.39 is 6.10 Å². The molecule has 33 heavy (non-hydrogen) atoms. The van der Waals surface area contributed by atoms with Gasteiger partial charge in [-0.25, -0.2) is 0 Å². The molecule has 0 amide bonds. The van der Waals surface area contributed by atoms with Crippen LogP contribution in [0.1, 0.15) is 113 Å². The van der Waals surface area contributed by atoms with E-state index in [1.54, 1.807) is 0 Å². The van der Waals surface area contributed by atoms with Crippen molar-refractivity contribution in [3.05, 3.63) is 0 Å². The fraction of sp³-hybridized carbons (Fsp3) is 0.967. The van der Waals surface area contributed by atoms with Gasteiger partial charge >= 0.3 is 0 Å². The summed E-state index contributed by atoms with van der Waals surface area (Å²) in [5.41, 5.74) is 1.75. The number of aliphatic hydroxyl groups excluding tert-OH is 1. The Labute approximate surface area is 203 Å². The predicted octanol–water partition coefficient (Wildman–Crippen LogP) is 7.54. The number of hydrogen-bond acceptors (Lipinski definition) is 3. The minimum atomic E-state index is -0.627. The normalized spacial score (nSPS) is 56.7. The third-order valence-corrected chi connectivity index (χ3v) is 13.6. The zero-order valence-electron chi connectivity index (χ0n) is 22.7. The zero-order valence-corrected chi connectivity index (χ0v) is 22.7. The average molecular weight is 458 g/mol. The Morgan fingerprint density at radius 3 is 2.15 bits per heavy atom. The lowest BCUT2D eigenvalue weighted by Crippen LogP contribution is -2.67. The first kappa shape index (κ1) is 24.1. The highest BCUT2D eigenvalue weighted by Crippen LogP contribution is 2.77. The van der Waals surface area contributed by atoms with Gasteiger partial charge in [-0.3, -0.25) is 0 Å². The molecule has 3 nitrogen and oxygen atoms in total. The summed E-state index contributed by atoms with van der Waals surface area (Å²) in [6, 6.07) is 0. The summed E-state index contributed by atoms with van der Waals surface area (Å²) in [6.45, 7) is 19.9. The van der Waals surface area contributed by atoms with E-state index in [2.05, 4.69) is 60.5 Å². The van der Waals surface area contributed by atoms with E-state index in [-0.39, 0.29) is 10.8 Å². The molecule has 0 spiro atoms. The Morgan fingerprint density at radius 2 is 1.52 bits per heavy atom. The second kappa shape index (κ2) is 7.23. The van der Waals surface area contributed by atoms with Gasteiger partial charge in [0.1, 0.15) is 6.10 Å². The molecule has 3 heteroatoms. The van der Waals surface area contributed by atoms with Gasteiger partial charge in [0.15, 0.2) is 0 Å². The predicted molar refractivity (Wildman–Crippen MR) is 135 cm³/mol. The molecule has 0 aliphatic heterocycles. The smallest absolute Gasteiger partial charge is 0.101 e. The minimum Gasteiger partial charge on any atom is -0.411 e. The van der Waals surface area contributed by atoms with Gasteiger partial charge in [-0.15, -0.1) is 0 Å². The lowest BCUT2D eigenvalue weighted by atomic mass is 9.32. The highest BCUT2D eigenvalue weighted by atomic mass is 16.4. The van der Waals surface area contributed by atoms with E-state index in [0.717, 1.165) is 30.1 Å². The Balaban J connectivity index is 1.56. The SMILES string of the molecule is CC(C)[C@H]1CC[C@]2(C)CC[C@]3(C)C(CCC4[C@]5(C)C/C(=N\O)C(O)C(C)(C)C5CC[C@]43C)C12. The number of aliphatic hydroxyl groups is 1. The summed E-state index contributed by atoms with van der Waals surface area (Å²) in [4.78, 5) is 0. The maximum Gasteiger partial charge on any atom is 0.101 e. The Kier molecular flexibility index (Phi) is 5.29. The molecule has 2 N–H and O–H groups in total. The summed E-state index contributed by atoms with van der Waals surface area (Å²) in [6.07, 6.45) is 11.0. The molecule has 5 unspecified atom stereocenters. The fourth-order valence-electron chi connectivity index (χ4n) is 11.8. The van der Waals surface area contributed by atoms with Crippen LogP contribution in [0.5, 0.6) is 0 Å². The molecular formula is C30H51NO2. The van der Waals surface area contributed by atoms with Gasteiger partial charge in [0.25, 0.3) is 0 Å². The second-order valence-electron chi connectivity index (χ2n) is 15.3. The highest BCUT2D eigenvalue weighted by Gasteiger charge is 2.70. The van der Waals surface area contributed by atoms with Crippen LogP contribution in [0.2, 0.25) is 0 Å². The molecule has 5 rings (SSSR count). The standard InChI is InChI=1S/C30H51NO2/c1-18(2)19-11-13-27(5)15-16-29(7)20(24(19)27)9-10-23-28(6)17-21(31-33)25(32)26(3,4)22(28)12-14-30(23,29)8/h18-20,22-25,32-33H,9-17H2,1-8H3/b31-21+/t19-,20?,22?,23?,24?,25?,27-,28-,29-,30-/m1/s1. The van der Waals surface area contributed by atoms with Crippen molar-refractivity contribution in [1.82, 2.24) is 0 Å². The number of rotatable bonds is 1. The summed E-state index contributed by atoms with van der Waals surface area (Å²) >= 11 is 0.